The van der Waals surface area contributed by atoms with Gasteiger partial charge in [0.2, 0.25) is 11.8 Å². The number of thiazole rings is 1. The van der Waals surface area contributed by atoms with Crippen LogP contribution in [0.2, 0.25) is 0 Å². The van der Waals surface area contributed by atoms with E-state index in [1.165, 1.54) is 0 Å². The van der Waals surface area contributed by atoms with Crippen LogP contribution in [0.15, 0.2) is 48.2 Å². The molecule has 10 heteroatoms. The Labute approximate surface area is 202 Å². The second kappa shape index (κ2) is 8.69. The van der Waals surface area contributed by atoms with Crippen LogP contribution in [-0.2, 0) is 19.3 Å². The van der Waals surface area contributed by atoms with Crippen molar-refractivity contribution in [2.45, 2.75) is 32.2 Å². The molecule has 4 aromatic rings. The molecule has 0 aliphatic carbocycles. The van der Waals surface area contributed by atoms with Gasteiger partial charge in [0.25, 0.3) is 5.72 Å². The van der Waals surface area contributed by atoms with Crippen molar-refractivity contribution in [2.75, 3.05) is 19.5 Å². The highest BCUT2D eigenvalue weighted by Gasteiger charge is 2.48. The number of aryl methyl sites for hydroxylation is 2. The lowest BCUT2D eigenvalue weighted by molar-refractivity contribution is 0.0153. The zero-order valence-corrected chi connectivity index (χ0v) is 20.6. The van der Waals surface area contributed by atoms with Crippen molar-refractivity contribution in [1.82, 2.24) is 29.6 Å². The molecular weight excluding hydrogens is 450 g/mol. The molecule has 1 aliphatic heterocycles. The molecular formula is C24H27N7O2S. The van der Waals surface area contributed by atoms with Crippen LogP contribution in [0.25, 0.3) is 11.1 Å². The van der Waals surface area contributed by atoms with Gasteiger partial charge in [0, 0.05) is 53.8 Å². The van der Waals surface area contributed by atoms with E-state index in [2.05, 4.69) is 34.3 Å². The Morgan fingerprint density at radius 1 is 1.24 bits per heavy atom. The molecule has 5 rings (SSSR count). The van der Waals surface area contributed by atoms with Gasteiger partial charge < -0.3 is 14.8 Å². The zero-order chi connectivity index (χ0) is 23.9. The van der Waals surface area contributed by atoms with E-state index in [0.29, 0.717) is 24.1 Å². The first kappa shape index (κ1) is 22.3. The largest absolute Gasteiger partial charge is 0.480 e. The first-order chi connectivity index (χ1) is 16.4. The van der Waals surface area contributed by atoms with Crippen LogP contribution >= 0.6 is 11.3 Å². The van der Waals surface area contributed by atoms with Crippen molar-refractivity contribution in [3.05, 3.63) is 64.5 Å². The van der Waals surface area contributed by atoms with Crippen molar-refractivity contribution < 1.29 is 9.47 Å². The molecule has 34 heavy (non-hydrogen) atoms. The Morgan fingerprint density at radius 3 is 2.79 bits per heavy atom. The van der Waals surface area contributed by atoms with E-state index >= 15 is 0 Å². The fourth-order valence-corrected chi connectivity index (χ4v) is 5.13. The number of fused-ring (bicyclic) bond motifs is 1. The Morgan fingerprint density at radius 2 is 2.09 bits per heavy atom. The number of anilines is 1. The molecule has 0 saturated heterocycles. The first-order valence-electron chi connectivity index (χ1n) is 11.0. The third kappa shape index (κ3) is 3.88. The van der Waals surface area contributed by atoms with E-state index in [9.17, 15) is 0 Å². The Bertz CT molecular complexity index is 1320. The van der Waals surface area contributed by atoms with Crippen LogP contribution in [0.5, 0.6) is 11.8 Å². The van der Waals surface area contributed by atoms with Gasteiger partial charge in [-0.3, -0.25) is 9.58 Å². The Hall–Kier alpha value is -3.50. The van der Waals surface area contributed by atoms with Gasteiger partial charge in [-0.1, -0.05) is 6.07 Å². The number of ether oxygens (including phenoxy) is 2. The van der Waals surface area contributed by atoms with Crippen LogP contribution in [0.4, 0.5) is 5.82 Å². The highest BCUT2D eigenvalue weighted by atomic mass is 32.1. The smallest absolute Gasteiger partial charge is 0.251 e. The molecule has 2 unspecified atom stereocenters. The molecule has 0 radical (unpaired) electrons. The van der Waals surface area contributed by atoms with E-state index in [4.69, 9.17) is 19.4 Å². The van der Waals surface area contributed by atoms with Gasteiger partial charge in [0.1, 0.15) is 5.82 Å². The van der Waals surface area contributed by atoms with E-state index in [-0.39, 0.29) is 6.04 Å². The summed E-state index contributed by atoms with van der Waals surface area (Å²) in [5.41, 5.74) is 2.73. The highest BCUT2D eigenvalue weighted by molar-refractivity contribution is 7.09. The maximum absolute atomic E-state index is 6.71. The van der Waals surface area contributed by atoms with Crippen molar-refractivity contribution in [2.24, 2.45) is 7.05 Å². The van der Waals surface area contributed by atoms with E-state index < -0.39 is 5.72 Å². The summed E-state index contributed by atoms with van der Waals surface area (Å²) in [5, 5.41) is 10.7. The van der Waals surface area contributed by atoms with Crippen LogP contribution < -0.4 is 14.8 Å². The lowest BCUT2D eigenvalue weighted by Gasteiger charge is -2.39. The Kier molecular flexibility index (Phi) is 5.70. The lowest BCUT2D eigenvalue weighted by Crippen LogP contribution is -2.55. The van der Waals surface area contributed by atoms with Crippen molar-refractivity contribution in [3.8, 4) is 22.9 Å². The summed E-state index contributed by atoms with van der Waals surface area (Å²) in [6, 6.07) is 7.77. The summed E-state index contributed by atoms with van der Waals surface area (Å²) in [7, 11) is 5.57. The second-order valence-corrected chi connectivity index (χ2v) is 9.33. The van der Waals surface area contributed by atoms with Crippen LogP contribution in [0, 0.1) is 6.92 Å². The molecule has 0 fully saturated rings. The van der Waals surface area contributed by atoms with Crippen molar-refractivity contribution >= 4 is 17.2 Å². The number of hydrogen-bond donors (Lipinski definition) is 1. The third-order valence-electron chi connectivity index (χ3n) is 6.10. The number of nitrogens with one attached hydrogen (secondary N) is 1. The molecule has 176 valence electrons. The fourth-order valence-electron chi connectivity index (χ4n) is 4.16. The normalized spacial score (nSPS) is 20.3. The zero-order valence-electron chi connectivity index (χ0n) is 19.8. The van der Waals surface area contributed by atoms with E-state index in [1.54, 1.807) is 35.5 Å². The minimum absolute atomic E-state index is 0.0990. The number of hydrogen-bond acceptors (Lipinski definition) is 9. The van der Waals surface area contributed by atoms with E-state index in [0.717, 1.165) is 27.4 Å². The van der Waals surface area contributed by atoms with Crippen LogP contribution in [-0.4, -0.2) is 49.8 Å². The van der Waals surface area contributed by atoms with E-state index in [1.807, 2.05) is 49.8 Å². The topological polar surface area (TPSA) is 90.2 Å². The highest BCUT2D eigenvalue weighted by Crippen LogP contribution is 2.40. The predicted octanol–water partition coefficient (Wildman–Crippen LogP) is 3.83. The monoisotopic (exact) mass is 477 g/mol. The molecule has 0 aromatic carbocycles. The molecule has 4 aromatic heterocycles. The third-order valence-corrected chi connectivity index (χ3v) is 7.17. The summed E-state index contributed by atoms with van der Waals surface area (Å²) in [6.45, 7) is 4.81. The van der Waals surface area contributed by atoms with Gasteiger partial charge in [-0.2, -0.15) is 10.1 Å². The molecule has 1 N–H and O–H groups in total. The summed E-state index contributed by atoms with van der Waals surface area (Å²) in [6.07, 6.45) is 5.47. The molecule has 0 spiro atoms. The van der Waals surface area contributed by atoms with Crippen molar-refractivity contribution in [3.63, 3.8) is 0 Å². The molecule has 0 bridgehead atoms. The van der Waals surface area contributed by atoms with Gasteiger partial charge in [-0.15, -0.1) is 11.3 Å². The summed E-state index contributed by atoms with van der Waals surface area (Å²) in [4.78, 5) is 16.4. The maximum Gasteiger partial charge on any atom is 0.251 e. The molecule has 1 aliphatic rings. The molecule has 2 atom stereocenters. The van der Waals surface area contributed by atoms with Crippen molar-refractivity contribution in [1.29, 1.82) is 0 Å². The second-order valence-electron chi connectivity index (χ2n) is 8.47. The average Bonchev–Trinajstić information content (AvgIpc) is 3.45. The minimum atomic E-state index is -1.01. The number of nitrogens with zero attached hydrogens (tertiary/aromatic N) is 6. The number of methoxy groups -OCH3 is 1. The maximum atomic E-state index is 6.71. The standard InChI is InChI=1S/C24H27N7O2S/c1-15-14-34-23(27-15)24(16(2)30(3)12-17-7-6-10-25-21(17)33-24)29-20-9-8-19(22(28-20)32-5)18-11-26-31(4)13-18/h6-11,13-14,16H,12H2,1-5H3,(H,28,29). The Balaban J connectivity index is 1.61. The molecule has 9 nitrogen and oxygen atoms in total. The molecule has 0 saturated carbocycles. The number of aromatic nitrogens is 5. The van der Waals surface area contributed by atoms with Gasteiger partial charge in [-0.25, -0.2) is 9.97 Å². The summed E-state index contributed by atoms with van der Waals surface area (Å²) < 4.78 is 14.1. The van der Waals surface area contributed by atoms with Crippen LogP contribution in [0.1, 0.15) is 23.2 Å². The minimum Gasteiger partial charge on any atom is -0.480 e. The SMILES string of the molecule is COc1nc(NC2(c3nc(C)cs3)Oc3ncccc3CN(C)C2C)ccc1-c1cnn(C)c1. The van der Waals surface area contributed by atoms with Gasteiger partial charge in [0.05, 0.1) is 19.3 Å². The molecule has 0 amide bonds. The average molecular weight is 478 g/mol. The lowest BCUT2D eigenvalue weighted by atomic mass is 10.0. The molecule has 5 heterocycles. The predicted molar refractivity (Wildman–Crippen MR) is 131 cm³/mol. The summed E-state index contributed by atoms with van der Waals surface area (Å²) in [5.74, 6) is 1.69. The fraction of sp³-hybridized carbons (Fsp3) is 0.333. The number of rotatable bonds is 5. The number of likely N-dealkylation sites (N-methyl/N-ethyl adjacent to an activating group) is 1. The quantitative estimate of drug-likeness (QED) is 0.464. The van der Waals surface area contributed by atoms with Gasteiger partial charge in [-0.05, 0) is 39.1 Å². The number of pyridine rings is 2. The summed E-state index contributed by atoms with van der Waals surface area (Å²) >= 11 is 1.55. The van der Waals surface area contributed by atoms with Gasteiger partial charge >= 0.3 is 0 Å². The van der Waals surface area contributed by atoms with Gasteiger partial charge in [0.15, 0.2) is 5.01 Å². The van der Waals surface area contributed by atoms with Crippen LogP contribution in [0.3, 0.4) is 0 Å². The first-order valence-corrected chi connectivity index (χ1v) is 11.9.